The van der Waals surface area contributed by atoms with Gasteiger partial charge in [-0.15, -0.1) is 12.4 Å². The molecule has 8 heteroatoms. The van der Waals surface area contributed by atoms with E-state index in [-0.39, 0.29) is 50.3 Å². The number of nitrogens with zero attached hydrogens (tertiary/aromatic N) is 1. The number of ether oxygens (including phenoxy) is 1. The molecule has 0 saturated heterocycles. The van der Waals surface area contributed by atoms with E-state index in [0.29, 0.717) is 0 Å². The van der Waals surface area contributed by atoms with E-state index < -0.39 is 11.7 Å². The first-order valence-electron chi connectivity index (χ1n) is 6.12. The number of nitrogens with one attached hydrogen (secondary N) is 1. The minimum Gasteiger partial charge on any atom is -0.489 e. The van der Waals surface area contributed by atoms with Gasteiger partial charge in [0.05, 0.1) is 19.6 Å². The molecule has 6 nitrogen and oxygen atoms in total. The lowest BCUT2D eigenvalue weighted by Crippen LogP contribution is -2.41. The van der Waals surface area contributed by atoms with Crippen molar-refractivity contribution in [3.63, 3.8) is 0 Å². The fraction of sp³-hybridized carbons (Fsp3) is 0.385. The summed E-state index contributed by atoms with van der Waals surface area (Å²) in [5.74, 6) is -0.972. The predicted octanol–water partition coefficient (Wildman–Crippen LogP) is 0.160. The number of carbonyl (C=O) groups excluding carboxylic acids is 2. The topological polar surface area (TPSA) is 84.7 Å². The van der Waals surface area contributed by atoms with Crippen molar-refractivity contribution in [2.75, 3.05) is 33.3 Å². The van der Waals surface area contributed by atoms with Crippen molar-refractivity contribution in [1.82, 2.24) is 10.2 Å². The van der Waals surface area contributed by atoms with Gasteiger partial charge < -0.3 is 20.7 Å². The molecule has 1 rings (SSSR count). The minimum absolute atomic E-state index is 0. The molecule has 2 amide bonds. The molecular formula is C13H19ClFN3O3. The molecule has 0 aliphatic carbocycles. The van der Waals surface area contributed by atoms with Crippen LogP contribution in [0, 0.1) is 5.82 Å². The van der Waals surface area contributed by atoms with Crippen molar-refractivity contribution in [3.8, 4) is 5.75 Å². The summed E-state index contributed by atoms with van der Waals surface area (Å²) in [5, 5.41) is 2.37. The number of para-hydroxylation sites is 1. The highest BCUT2D eigenvalue weighted by atomic mass is 35.5. The van der Waals surface area contributed by atoms with Crippen molar-refractivity contribution in [2.24, 2.45) is 5.73 Å². The Labute approximate surface area is 128 Å². The summed E-state index contributed by atoms with van der Waals surface area (Å²) >= 11 is 0. The van der Waals surface area contributed by atoms with Gasteiger partial charge in [-0.05, 0) is 12.1 Å². The molecule has 0 unspecified atom stereocenters. The maximum atomic E-state index is 13.3. The van der Waals surface area contributed by atoms with Crippen LogP contribution in [-0.4, -0.2) is 50.0 Å². The maximum Gasteiger partial charge on any atom is 0.241 e. The summed E-state index contributed by atoms with van der Waals surface area (Å²) in [6.45, 7) is 0.166. The molecule has 0 aromatic heterocycles. The SMILES string of the molecule is CN(CCOc1ccccc1F)C(=O)CNC(=O)CN.Cl. The number of halogens is 2. The van der Waals surface area contributed by atoms with E-state index in [1.54, 1.807) is 19.2 Å². The van der Waals surface area contributed by atoms with Gasteiger partial charge in [-0.2, -0.15) is 0 Å². The quantitative estimate of drug-likeness (QED) is 0.750. The van der Waals surface area contributed by atoms with Crippen molar-refractivity contribution >= 4 is 24.2 Å². The van der Waals surface area contributed by atoms with Crippen LogP contribution in [0.5, 0.6) is 5.75 Å². The van der Waals surface area contributed by atoms with Crippen LogP contribution in [-0.2, 0) is 9.59 Å². The van der Waals surface area contributed by atoms with E-state index in [9.17, 15) is 14.0 Å². The lowest BCUT2D eigenvalue weighted by atomic mass is 10.3. The average molecular weight is 320 g/mol. The Balaban J connectivity index is 0.00000400. The molecule has 0 radical (unpaired) electrons. The van der Waals surface area contributed by atoms with Crippen molar-refractivity contribution < 1.29 is 18.7 Å². The Morgan fingerprint density at radius 3 is 2.67 bits per heavy atom. The van der Waals surface area contributed by atoms with E-state index in [1.165, 1.54) is 17.0 Å². The van der Waals surface area contributed by atoms with Crippen LogP contribution in [0.4, 0.5) is 4.39 Å². The van der Waals surface area contributed by atoms with Gasteiger partial charge in [0.2, 0.25) is 11.8 Å². The predicted molar refractivity (Wildman–Crippen MR) is 78.8 cm³/mol. The van der Waals surface area contributed by atoms with Crippen LogP contribution in [0.15, 0.2) is 24.3 Å². The molecule has 0 aliphatic rings. The number of amides is 2. The highest BCUT2D eigenvalue weighted by Crippen LogP contribution is 2.14. The number of rotatable bonds is 7. The van der Waals surface area contributed by atoms with Gasteiger partial charge >= 0.3 is 0 Å². The van der Waals surface area contributed by atoms with E-state index in [2.05, 4.69) is 5.32 Å². The Morgan fingerprint density at radius 1 is 1.38 bits per heavy atom. The highest BCUT2D eigenvalue weighted by Gasteiger charge is 2.10. The zero-order valence-corrected chi connectivity index (χ0v) is 12.5. The standard InChI is InChI=1S/C13H18FN3O3.ClH/c1-17(13(19)9-16-12(18)8-15)6-7-20-11-5-3-2-4-10(11)14;/h2-5H,6-9,15H2,1H3,(H,16,18);1H. The second-order valence-electron chi connectivity index (χ2n) is 4.08. The lowest BCUT2D eigenvalue weighted by molar-refractivity contribution is -0.131. The van der Waals surface area contributed by atoms with Crippen LogP contribution in [0.25, 0.3) is 0 Å². The summed E-state index contributed by atoms with van der Waals surface area (Å²) in [4.78, 5) is 23.9. The number of nitrogens with two attached hydrogens (primary N) is 1. The lowest BCUT2D eigenvalue weighted by Gasteiger charge is -2.17. The second kappa shape index (κ2) is 9.95. The van der Waals surface area contributed by atoms with Crippen molar-refractivity contribution in [3.05, 3.63) is 30.1 Å². The van der Waals surface area contributed by atoms with Gasteiger partial charge in [-0.1, -0.05) is 12.1 Å². The maximum absolute atomic E-state index is 13.3. The number of hydrogen-bond acceptors (Lipinski definition) is 4. The average Bonchev–Trinajstić information content (AvgIpc) is 2.46. The molecule has 0 aliphatic heterocycles. The van der Waals surface area contributed by atoms with E-state index >= 15 is 0 Å². The first-order chi connectivity index (χ1) is 9.54. The second-order valence-corrected chi connectivity index (χ2v) is 4.08. The summed E-state index contributed by atoms with van der Waals surface area (Å²) in [7, 11) is 1.57. The minimum atomic E-state index is -0.448. The third kappa shape index (κ3) is 6.92. The molecular weight excluding hydrogens is 301 g/mol. The third-order valence-corrected chi connectivity index (χ3v) is 2.57. The number of hydrogen-bond donors (Lipinski definition) is 2. The molecule has 0 fully saturated rings. The van der Waals surface area contributed by atoms with E-state index in [4.69, 9.17) is 10.5 Å². The molecule has 1 aromatic carbocycles. The molecule has 118 valence electrons. The van der Waals surface area contributed by atoms with Crippen molar-refractivity contribution in [2.45, 2.75) is 0 Å². The van der Waals surface area contributed by atoms with Gasteiger partial charge in [-0.3, -0.25) is 9.59 Å². The van der Waals surface area contributed by atoms with Crippen LogP contribution < -0.4 is 15.8 Å². The first-order valence-corrected chi connectivity index (χ1v) is 6.12. The molecule has 0 heterocycles. The summed E-state index contributed by atoms with van der Waals surface area (Å²) < 4.78 is 18.5. The Bertz CT molecular complexity index is 474. The summed E-state index contributed by atoms with van der Waals surface area (Å²) in [6, 6.07) is 6.04. The van der Waals surface area contributed by atoms with E-state index in [1.807, 2.05) is 0 Å². The fourth-order valence-corrected chi connectivity index (χ4v) is 1.36. The molecule has 0 spiro atoms. The largest absolute Gasteiger partial charge is 0.489 e. The number of likely N-dealkylation sites (N-methyl/N-ethyl adjacent to an activating group) is 1. The molecule has 0 saturated carbocycles. The Kier molecular flexibility index (Phi) is 9.07. The molecule has 0 atom stereocenters. The monoisotopic (exact) mass is 319 g/mol. The van der Waals surface area contributed by atoms with Gasteiger partial charge in [0, 0.05) is 7.05 Å². The Hall–Kier alpha value is -1.86. The van der Waals surface area contributed by atoms with Gasteiger partial charge in [0.15, 0.2) is 11.6 Å². The molecule has 1 aromatic rings. The van der Waals surface area contributed by atoms with Crippen molar-refractivity contribution in [1.29, 1.82) is 0 Å². The summed E-state index contributed by atoms with van der Waals surface area (Å²) in [6.07, 6.45) is 0. The van der Waals surface area contributed by atoms with Gasteiger partial charge in [-0.25, -0.2) is 4.39 Å². The van der Waals surface area contributed by atoms with E-state index in [0.717, 1.165) is 0 Å². The third-order valence-electron chi connectivity index (χ3n) is 2.57. The zero-order valence-electron chi connectivity index (χ0n) is 11.7. The highest BCUT2D eigenvalue weighted by molar-refractivity contribution is 5.85. The zero-order chi connectivity index (χ0) is 15.0. The molecule has 21 heavy (non-hydrogen) atoms. The van der Waals surface area contributed by atoms with Crippen LogP contribution in [0.2, 0.25) is 0 Å². The number of benzene rings is 1. The Morgan fingerprint density at radius 2 is 2.05 bits per heavy atom. The fourth-order valence-electron chi connectivity index (χ4n) is 1.36. The normalized spacial score (nSPS) is 9.48. The smallest absolute Gasteiger partial charge is 0.241 e. The molecule has 3 N–H and O–H groups in total. The van der Waals surface area contributed by atoms with Gasteiger partial charge in [0.1, 0.15) is 6.61 Å². The molecule has 0 bridgehead atoms. The van der Waals surface area contributed by atoms with Crippen LogP contribution >= 0.6 is 12.4 Å². The van der Waals surface area contributed by atoms with Gasteiger partial charge in [0.25, 0.3) is 0 Å². The first kappa shape index (κ1) is 19.1. The number of carbonyl (C=O) groups is 2. The van der Waals surface area contributed by atoms with Crippen LogP contribution in [0.3, 0.4) is 0 Å². The summed E-state index contributed by atoms with van der Waals surface area (Å²) in [5.41, 5.74) is 5.10. The van der Waals surface area contributed by atoms with Crippen LogP contribution in [0.1, 0.15) is 0 Å².